The third-order valence-electron chi connectivity index (χ3n) is 5.00. The summed E-state index contributed by atoms with van der Waals surface area (Å²) in [7, 11) is 0. The Morgan fingerprint density at radius 1 is 0.968 bits per heavy atom. The van der Waals surface area contributed by atoms with Gasteiger partial charge in [0.05, 0.1) is 22.2 Å². The second kappa shape index (κ2) is 7.83. The van der Waals surface area contributed by atoms with Gasteiger partial charge in [-0.15, -0.1) is 0 Å². The molecule has 1 aliphatic heterocycles. The lowest BCUT2D eigenvalue weighted by Crippen LogP contribution is -2.29. The number of Topliss-reactive ketones (excluding diaryl/α,β-unsaturated/α-hetero) is 1. The van der Waals surface area contributed by atoms with E-state index in [1.807, 2.05) is 0 Å². The number of halogens is 1. The van der Waals surface area contributed by atoms with Crippen molar-refractivity contribution < 1.29 is 24.0 Å². The van der Waals surface area contributed by atoms with Crippen molar-refractivity contribution >= 4 is 28.8 Å². The number of hydrogen-bond donors (Lipinski definition) is 1. The van der Waals surface area contributed by atoms with Crippen molar-refractivity contribution in [3.63, 3.8) is 0 Å². The van der Waals surface area contributed by atoms with Crippen LogP contribution in [0.15, 0.2) is 84.4 Å². The van der Waals surface area contributed by atoms with Crippen LogP contribution >= 0.6 is 0 Å². The minimum absolute atomic E-state index is 0.109. The highest BCUT2D eigenvalue weighted by atomic mass is 19.1. The number of nitrogens with zero attached hydrogens (tertiary/aromatic N) is 2. The Hall–Kier alpha value is -4.33. The third kappa shape index (κ3) is 3.55. The molecule has 7 nitrogen and oxygen atoms in total. The van der Waals surface area contributed by atoms with E-state index in [1.165, 1.54) is 48.5 Å². The molecule has 154 valence electrons. The van der Waals surface area contributed by atoms with Crippen LogP contribution in [0.3, 0.4) is 0 Å². The topological polar surface area (TPSA) is 101 Å². The van der Waals surface area contributed by atoms with Crippen molar-refractivity contribution in [2.45, 2.75) is 6.04 Å². The summed E-state index contributed by atoms with van der Waals surface area (Å²) in [5, 5.41) is 22.1. The Labute approximate surface area is 175 Å². The number of carbonyl (C=O) groups is 2. The molecule has 8 heteroatoms. The van der Waals surface area contributed by atoms with Crippen LogP contribution in [-0.4, -0.2) is 21.7 Å². The van der Waals surface area contributed by atoms with Gasteiger partial charge in [0.15, 0.2) is 0 Å². The van der Waals surface area contributed by atoms with Crippen LogP contribution in [0.5, 0.6) is 0 Å². The molecule has 0 bridgehead atoms. The zero-order valence-electron chi connectivity index (χ0n) is 15.9. The molecule has 1 atom stereocenters. The van der Waals surface area contributed by atoms with E-state index in [2.05, 4.69) is 0 Å². The van der Waals surface area contributed by atoms with Gasteiger partial charge in [-0.25, -0.2) is 4.39 Å². The first-order valence-corrected chi connectivity index (χ1v) is 9.25. The van der Waals surface area contributed by atoms with Crippen molar-refractivity contribution in [1.82, 2.24) is 0 Å². The van der Waals surface area contributed by atoms with Gasteiger partial charge in [0.1, 0.15) is 11.6 Å². The maximum Gasteiger partial charge on any atom is 0.300 e. The highest BCUT2D eigenvalue weighted by Gasteiger charge is 2.47. The Kier molecular flexibility index (Phi) is 5.04. The molecule has 0 unspecified atom stereocenters. The van der Waals surface area contributed by atoms with Crippen LogP contribution in [0.1, 0.15) is 17.2 Å². The van der Waals surface area contributed by atoms with Crippen molar-refractivity contribution in [3.05, 3.63) is 111 Å². The minimum atomic E-state index is -1.09. The Morgan fingerprint density at radius 2 is 1.65 bits per heavy atom. The maximum atomic E-state index is 13.5. The van der Waals surface area contributed by atoms with E-state index in [-0.39, 0.29) is 22.7 Å². The van der Waals surface area contributed by atoms with Crippen molar-refractivity contribution in [1.29, 1.82) is 0 Å². The molecular weight excluding hydrogens is 403 g/mol. The highest BCUT2D eigenvalue weighted by molar-refractivity contribution is 6.51. The summed E-state index contributed by atoms with van der Waals surface area (Å²) in [5.41, 5.74) is 0.351. The smallest absolute Gasteiger partial charge is 0.300 e. The predicted molar refractivity (Wildman–Crippen MR) is 111 cm³/mol. The Bertz CT molecular complexity index is 1220. The molecule has 1 amide bonds. The average Bonchev–Trinajstić information content (AvgIpc) is 3.05. The predicted octanol–water partition coefficient (Wildman–Crippen LogP) is 4.36. The summed E-state index contributed by atoms with van der Waals surface area (Å²) < 4.78 is 13.5. The van der Waals surface area contributed by atoms with Gasteiger partial charge in [-0.05, 0) is 23.8 Å². The summed E-state index contributed by atoms with van der Waals surface area (Å²) in [4.78, 5) is 37.6. The fraction of sp³-hybridized carbons (Fsp3) is 0.0435. The van der Waals surface area contributed by atoms with Crippen molar-refractivity contribution in [2.24, 2.45) is 0 Å². The molecule has 1 N–H and O–H groups in total. The van der Waals surface area contributed by atoms with Crippen LogP contribution in [0.4, 0.5) is 15.8 Å². The largest absolute Gasteiger partial charge is 0.507 e. The maximum absolute atomic E-state index is 13.5. The van der Waals surface area contributed by atoms with E-state index in [0.717, 1.165) is 4.90 Å². The van der Waals surface area contributed by atoms with Crippen LogP contribution in [0, 0.1) is 15.9 Å². The molecule has 0 aliphatic carbocycles. The number of nitro benzene ring substituents is 1. The van der Waals surface area contributed by atoms with Gasteiger partial charge in [-0.3, -0.25) is 24.6 Å². The molecule has 1 heterocycles. The fourth-order valence-electron chi connectivity index (χ4n) is 3.57. The Morgan fingerprint density at radius 3 is 2.29 bits per heavy atom. The first-order valence-electron chi connectivity index (χ1n) is 9.25. The first-order chi connectivity index (χ1) is 14.9. The van der Waals surface area contributed by atoms with Gasteiger partial charge >= 0.3 is 0 Å². The van der Waals surface area contributed by atoms with E-state index < -0.39 is 28.5 Å². The normalized spacial score (nSPS) is 17.7. The molecule has 1 aliphatic rings. The molecule has 1 fully saturated rings. The number of ketones is 1. The van der Waals surface area contributed by atoms with Crippen LogP contribution < -0.4 is 4.90 Å². The van der Waals surface area contributed by atoms with E-state index in [0.29, 0.717) is 11.1 Å². The van der Waals surface area contributed by atoms with Crippen LogP contribution in [-0.2, 0) is 9.59 Å². The van der Waals surface area contributed by atoms with Gasteiger partial charge in [-0.2, -0.15) is 0 Å². The summed E-state index contributed by atoms with van der Waals surface area (Å²) in [5.74, 6) is -2.80. The third-order valence-corrected chi connectivity index (χ3v) is 5.00. The molecule has 4 rings (SSSR count). The van der Waals surface area contributed by atoms with Crippen LogP contribution in [0.2, 0.25) is 0 Å². The van der Waals surface area contributed by atoms with Crippen LogP contribution in [0.25, 0.3) is 5.76 Å². The van der Waals surface area contributed by atoms with Gasteiger partial charge in [0, 0.05) is 17.7 Å². The summed E-state index contributed by atoms with van der Waals surface area (Å²) in [6.45, 7) is 0. The molecule has 1 saturated heterocycles. The lowest BCUT2D eigenvalue weighted by atomic mass is 9.95. The molecule has 0 saturated carbocycles. The SMILES string of the molecule is O=C1C(=O)N(c2cccc([N+](=O)[O-])c2)[C@@H](c2ccc(F)cc2)C1=C(O)c1ccccc1. The second-order valence-electron chi connectivity index (χ2n) is 6.86. The number of anilines is 1. The number of hydrogen-bond acceptors (Lipinski definition) is 5. The second-order valence-corrected chi connectivity index (χ2v) is 6.86. The fourth-order valence-corrected chi connectivity index (χ4v) is 3.57. The molecule has 3 aromatic rings. The van der Waals surface area contributed by atoms with E-state index in [9.17, 15) is 29.2 Å². The number of aliphatic hydroxyl groups is 1. The van der Waals surface area contributed by atoms with Gasteiger partial charge in [0.2, 0.25) is 0 Å². The molecule has 0 spiro atoms. The molecule has 31 heavy (non-hydrogen) atoms. The zero-order chi connectivity index (χ0) is 22.1. The number of rotatable bonds is 4. The van der Waals surface area contributed by atoms with E-state index >= 15 is 0 Å². The van der Waals surface area contributed by atoms with E-state index in [1.54, 1.807) is 30.3 Å². The van der Waals surface area contributed by atoms with Gasteiger partial charge < -0.3 is 5.11 Å². The number of non-ortho nitro benzene ring substituents is 1. The van der Waals surface area contributed by atoms with Gasteiger partial charge in [0.25, 0.3) is 17.4 Å². The lowest BCUT2D eigenvalue weighted by Gasteiger charge is -2.25. The van der Waals surface area contributed by atoms with Gasteiger partial charge in [-0.1, -0.05) is 48.5 Å². The number of benzene rings is 3. The number of amides is 1. The summed E-state index contributed by atoms with van der Waals surface area (Å²) >= 11 is 0. The minimum Gasteiger partial charge on any atom is -0.507 e. The number of carbonyl (C=O) groups excluding carboxylic acids is 2. The molecule has 0 aromatic heterocycles. The molecule has 3 aromatic carbocycles. The summed E-state index contributed by atoms with van der Waals surface area (Å²) in [6, 6.07) is 17.6. The molecular formula is C23H15FN2O5. The Balaban J connectivity index is 1.95. The first kappa shape index (κ1) is 20.0. The quantitative estimate of drug-likeness (QED) is 0.223. The zero-order valence-corrected chi connectivity index (χ0v) is 15.9. The molecule has 0 radical (unpaired) electrons. The number of aliphatic hydroxyl groups excluding tert-OH is 1. The monoisotopic (exact) mass is 418 g/mol. The van der Waals surface area contributed by atoms with Crippen molar-refractivity contribution in [3.8, 4) is 0 Å². The highest BCUT2D eigenvalue weighted by Crippen LogP contribution is 2.42. The van der Waals surface area contributed by atoms with Crippen molar-refractivity contribution in [2.75, 3.05) is 4.90 Å². The lowest BCUT2D eigenvalue weighted by molar-refractivity contribution is -0.384. The standard InChI is InChI=1S/C23H15FN2O5/c24-16-11-9-14(10-12-16)20-19(21(27)15-5-2-1-3-6-15)22(28)23(29)25(20)17-7-4-8-18(13-17)26(30)31/h1-13,20,27H/t20-/m0/s1. The number of nitro groups is 1. The average molecular weight is 418 g/mol. The summed E-state index contributed by atoms with van der Waals surface area (Å²) in [6.07, 6.45) is 0. The van der Waals surface area contributed by atoms with E-state index in [4.69, 9.17) is 0 Å².